The summed E-state index contributed by atoms with van der Waals surface area (Å²) < 4.78 is 1.80. The number of hydrogen-bond donors (Lipinski definition) is 2. The van der Waals surface area contributed by atoms with Crippen molar-refractivity contribution in [2.75, 3.05) is 18.4 Å². The molecular weight excluding hydrogens is 226 g/mol. The first-order chi connectivity index (χ1) is 8.93. The Balaban J connectivity index is 1.83. The van der Waals surface area contributed by atoms with Crippen molar-refractivity contribution in [1.82, 2.24) is 20.3 Å². The van der Waals surface area contributed by atoms with Gasteiger partial charge in [0.25, 0.3) is 0 Å². The summed E-state index contributed by atoms with van der Waals surface area (Å²) in [6.45, 7) is 2.17. The number of para-hydroxylation sites is 2. The van der Waals surface area contributed by atoms with Gasteiger partial charge in [0.2, 0.25) is 0 Å². The maximum Gasteiger partial charge on any atom is 0.0894 e. The largest absolute Gasteiger partial charge is 0.380 e. The summed E-state index contributed by atoms with van der Waals surface area (Å²) in [4.78, 5) is 0. The normalized spacial score (nSPS) is 16.7. The number of rotatable bonds is 3. The first kappa shape index (κ1) is 11.2. The first-order valence-corrected chi connectivity index (χ1v) is 6.36. The third kappa shape index (κ3) is 2.36. The average molecular weight is 243 g/mol. The number of nitrogens with zero attached hydrogens (tertiary/aromatic N) is 3. The minimum absolute atomic E-state index is 0.538. The van der Waals surface area contributed by atoms with E-state index in [0.29, 0.717) is 6.04 Å². The molecule has 1 aliphatic rings. The molecule has 94 valence electrons. The topological polar surface area (TPSA) is 54.8 Å². The van der Waals surface area contributed by atoms with Crippen LogP contribution in [0.5, 0.6) is 0 Å². The summed E-state index contributed by atoms with van der Waals surface area (Å²) in [5.41, 5.74) is 2.17. The van der Waals surface area contributed by atoms with Crippen LogP contribution in [0.3, 0.4) is 0 Å². The molecule has 0 atom stereocenters. The van der Waals surface area contributed by atoms with Gasteiger partial charge < -0.3 is 10.6 Å². The minimum atomic E-state index is 0.538. The minimum Gasteiger partial charge on any atom is -0.380 e. The molecule has 0 spiro atoms. The number of piperidine rings is 1. The maximum absolute atomic E-state index is 4.05. The lowest BCUT2D eigenvalue weighted by atomic mass is 10.1. The molecule has 2 N–H and O–H groups in total. The van der Waals surface area contributed by atoms with Gasteiger partial charge in [-0.2, -0.15) is 0 Å². The molecule has 5 heteroatoms. The van der Waals surface area contributed by atoms with Gasteiger partial charge in [-0.15, -0.1) is 5.10 Å². The van der Waals surface area contributed by atoms with Gasteiger partial charge in [-0.3, -0.25) is 0 Å². The maximum atomic E-state index is 4.05. The van der Waals surface area contributed by atoms with Gasteiger partial charge in [0.1, 0.15) is 0 Å². The fourth-order valence-corrected chi connectivity index (χ4v) is 2.32. The highest BCUT2D eigenvalue weighted by atomic mass is 15.4. The molecule has 1 fully saturated rings. The van der Waals surface area contributed by atoms with Crippen LogP contribution in [0.1, 0.15) is 12.8 Å². The number of aromatic nitrogens is 3. The van der Waals surface area contributed by atoms with Crippen LogP contribution in [0.15, 0.2) is 36.7 Å². The number of nitrogens with one attached hydrogen (secondary N) is 2. The Bertz CT molecular complexity index is 488. The quantitative estimate of drug-likeness (QED) is 0.856. The van der Waals surface area contributed by atoms with Crippen LogP contribution in [0.4, 0.5) is 5.69 Å². The molecule has 0 aliphatic carbocycles. The second-order valence-corrected chi connectivity index (χ2v) is 4.53. The van der Waals surface area contributed by atoms with Gasteiger partial charge in [-0.05, 0) is 38.1 Å². The number of anilines is 1. The van der Waals surface area contributed by atoms with E-state index in [9.17, 15) is 0 Å². The van der Waals surface area contributed by atoms with Crippen LogP contribution in [0.2, 0.25) is 0 Å². The molecule has 1 aromatic carbocycles. The lowest BCUT2D eigenvalue weighted by Crippen LogP contribution is -2.35. The fourth-order valence-electron chi connectivity index (χ4n) is 2.32. The van der Waals surface area contributed by atoms with Crippen LogP contribution < -0.4 is 10.6 Å². The van der Waals surface area contributed by atoms with Crippen molar-refractivity contribution < 1.29 is 0 Å². The summed E-state index contributed by atoms with van der Waals surface area (Å²) in [5.74, 6) is 0. The predicted molar refractivity (Wildman–Crippen MR) is 70.9 cm³/mol. The average Bonchev–Trinajstić information content (AvgIpc) is 2.94. The molecule has 2 heterocycles. The zero-order chi connectivity index (χ0) is 12.2. The summed E-state index contributed by atoms with van der Waals surface area (Å²) >= 11 is 0. The van der Waals surface area contributed by atoms with Crippen LogP contribution in [0.25, 0.3) is 5.69 Å². The van der Waals surface area contributed by atoms with Crippen molar-refractivity contribution in [2.45, 2.75) is 18.9 Å². The van der Waals surface area contributed by atoms with Crippen molar-refractivity contribution in [3.63, 3.8) is 0 Å². The van der Waals surface area contributed by atoms with Gasteiger partial charge in [0, 0.05) is 6.04 Å². The monoisotopic (exact) mass is 243 g/mol. The van der Waals surface area contributed by atoms with E-state index in [1.807, 2.05) is 18.3 Å². The van der Waals surface area contributed by atoms with E-state index in [-0.39, 0.29) is 0 Å². The molecule has 0 bridgehead atoms. The third-order valence-corrected chi connectivity index (χ3v) is 3.27. The van der Waals surface area contributed by atoms with Gasteiger partial charge in [0.15, 0.2) is 0 Å². The van der Waals surface area contributed by atoms with Crippen LogP contribution >= 0.6 is 0 Å². The molecule has 3 rings (SSSR count). The smallest absolute Gasteiger partial charge is 0.0894 e. The molecule has 0 unspecified atom stereocenters. The van der Waals surface area contributed by atoms with E-state index >= 15 is 0 Å². The number of benzene rings is 1. The number of hydrogen-bond acceptors (Lipinski definition) is 4. The van der Waals surface area contributed by atoms with Crippen molar-refractivity contribution in [2.24, 2.45) is 0 Å². The summed E-state index contributed by atoms with van der Waals surface area (Å²) in [7, 11) is 0. The Morgan fingerprint density at radius 3 is 2.83 bits per heavy atom. The van der Waals surface area contributed by atoms with Gasteiger partial charge >= 0.3 is 0 Å². The Labute approximate surface area is 106 Å². The first-order valence-electron chi connectivity index (χ1n) is 6.36. The molecule has 1 aliphatic heterocycles. The molecule has 0 saturated carbocycles. The standard InChI is InChI=1S/C13H17N5/c1-2-4-13(18-10-9-15-17-18)12(3-1)16-11-5-7-14-8-6-11/h1-4,9-11,14,16H,5-8H2. The molecular formula is C13H17N5. The van der Waals surface area contributed by atoms with Crippen LogP contribution in [-0.4, -0.2) is 34.1 Å². The highest BCUT2D eigenvalue weighted by molar-refractivity contribution is 5.60. The molecule has 1 saturated heterocycles. The summed E-state index contributed by atoms with van der Waals surface area (Å²) in [5, 5.41) is 14.9. The predicted octanol–water partition coefficient (Wildman–Crippen LogP) is 1.43. The lowest BCUT2D eigenvalue weighted by molar-refractivity contribution is 0.479. The van der Waals surface area contributed by atoms with Crippen molar-refractivity contribution in [1.29, 1.82) is 0 Å². The summed E-state index contributed by atoms with van der Waals surface area (Å²) in [6.07, 6.45) is 5.88. The third-order valence-electron chi connectivity index (χ3n) is 3.27. The zero-order valence-corrected chi connectivity index (χ0v) is 10.2. The van der Waals surface area contributed by atoms with Crippen molar-refractivity contribution in [3.05, 3.63) is 36.7 Å². The van der Waals surface area contributed by atoms with Crippen molar-refractivity contribution in [3.8, 4) is 5.69 Å². The van der Waals surface area contributed by atoms with E-state index in [4.69, 9.17) is 0 Å². The molecule has 0 radical (unpaired) electrons. The molecule has 0 amide bonds. The van der Waals surface area contributed by atoms with E-state index in [0.717, 1.165) is 37.3 Å². The Kier molecular flexibility index (Phi) is 3.23. The summed E-state index contributed by atoms with van der Waals surface area (Å²) in [6, 6.07) is 8.75. The van der Waals surface area contributed by atoms with E-state index in [1.54, 1.807) is 10.9 Å². The van der Waals surface area contributed by atoms with Gasteiger partial charge in [-0.1, -0.05) is 17.3 Å². The molecule has 18 heavy (non-hydrogen) atoms. The van der Waals surface area contributed by atoms with E-state index < -0.39 is 0 Å². The lowest BCUT2D eigenvalue weighted by Gasteiger charge is -2.25. The van der Waals surface area contributed by atoms with Crippen LogP contribution in [-0.2, 0) is 0 Å². The Morgan fingerprint density at radius 1 is 1.22 bits per heavy atom. The second-order valence-electron chi connectivity index (χ2n) is 4.53. The molecule has 5 nitrogen and oxygen atoms in total. The fraction of sp³-hybridized carbons (Fsp3) is 0.385. The Hall–Kier alpha value is -1.88. The van der Waals surface area contributed by atoms with Gasteiger partial charge in [-0.25, -0.2) is 4.68 Å². The van der Waals surface area contributed by atoms with Crippen molar-refractivity contribution >= 4 is 5.69 Å². The van der Waals surface area contributed by atoms with E-state index in [1.165, 1.54) is 0 Å². The molecule has 2 aromatic rings. The van der Waals surface area contributed by atoms with E-state index in [2.05, 4.69) is 33.1 Å². The highest BCUT2D eigenvalue weighted by Gasteiger charge is 2.14. The Morgan fingerprint density at radius 2 is 2.06 bits per heavy atom. The van der Waals surface area contributed by atoms with Gasteiger partial charge in [0.05, 0.1) is 23.8 Å². The SMILES string of the molecule is c1ccc(-n2ccnn2)c(NC2CCNCC2)c1. The highest BCUT2D eigenvalue weighted by Crippen LogP contribution is 2.21. The zero-order valence-electron chi connectivity index (χ0n) is 10.2. The second kappa shape index (κ2) is 5.18. The molecule has 1 aromatic heterocycles. The van der Waals surface area contributed by atoms with Crippen LogP contribution in [0, 0.1) is 0 Å².